The number of hydrogen-bond donors (Lipinski definition) is 3. The molecule has 0 aliphatic carbocycles. The molecule has 0 bridgehead atoms. The van der Waals surface area contributed by atoms with Crippen LogP contribution in [0.2, 0.25) is 0 Å². The van der Waals surface area contributed by atoms with Gasteiger partial charge in [-0.2, -0.15) is 0 Å². The monoisotopic (exact) mass is 298 g/mol. The molecule has 2 atom stereocenters. The van der Waals surface area contributed by atoms with E-state index >= 15 is 0 Å². The van der Waals surface area contributed by atoms with Gasteiger partial charge in [0.2, 0.25) is 5.91 Å². The summed E-state index contributed by atoms with van der Waals surface area (Å²) in [5.41, 5.74) is 2.53. The first-order valence-corrected chi connectivity index (χ1v) is 6.92. The molecular weight excluding hydrogens is 276 g/mol. The SMILES string of the molecule is CC(CCCO)NC(=O)C1Cc2ccccc2CN1.Cl. The fraction of sp³-hybridized carbons (Fsp3) is 0.533. The number of fused-ring (bicyclic) bond motifs is 1. The number of carbonyl (C=O) groups is 1. The first kappa shape index (κ1) is 17.0. The normalized spacial score (nSPS) is 18.6. The molecule has 0 radical (unpaired) electrons. The van der Waals surface area contributed by atoms with Gasteiger partial charge in [0.05, 0.1) is 6.04 Å². The molecule has 112 valence electrons. The van der Waals surface area contributed by atoms with E-state index in [-0.39, 0.29) is 37.0 Å². The molecular formula is C15H23ClN2O2. The number of hydrogen-bond acceptors (Lipinski definition) is 3. The molecule has 1 heterocycles. The molecule has 0 spiro atoms. The second-order valence-electron chi connectivity index (χ2n) is 5.18. The molecule has 1 aromatic carbocycles. The van der Waals surface area contributed by atoms with Crippen LogP contribution < -0.4 is 10.6 Å². The first-order chi connectivity index (χ1) is 9.20. The molecule has 2 unspecified atom stereocenters. The predicted molar refractivity (Wildman–Crippen MR) is 81.9 cm³/mol. The van der Waals surface area contributed by atoms with Gasteiger partial charge in [-0.25, -0.2) is 0 Å². The van der Waals surface area contributed by atoms with Crippen molar-refractivity contribution in [3.8, 4) is 0 Å². The van der Waals surface area contributed by atoms with Gasteiger partial charge in [0, 0.05) is 19.2 Å². The standard InChI is InChI=1S/C15H22N2O2.ClH/c1-11(5-4-8-18)17-15(19)14-9-12-6-2-3-7-13(12)10-16-14;/h2-3,6-7,11,14,16,18H,4-5,8-10H2,1H3,(H,17,19);1H. The molecule has 3 N–H and O–H groups in total. The molecule has 0 saturated heterocycles. The van der Waals surface area contributed by atoms with Crippen LogP contribution in [0, 0.1) is 0 Å². The van der Waals surface area contributed by atoms with Crippen LogP contribution in [0.5, 0.6) is 0 Å². The highest BCUT2D eigenvalue weighted by Crippen LogP contribution is 2.16. The Kier molecular flexibility index (Phi) is 6.99. The van der Waals surface area contributed by atoms with Crippen molar-refractivity contribution >= 4 is 18.3 Å². The molecule has 1 aromatic rings. The van der Waals surface area contributed by atoms with Gasteiger partial charge in [0.15, 0.2) is 0 Å². The van der Waals surface area contributed by atoms with E-state index in [1.807, 2.05) is 19.1 Å². The van der Waals surface area contributed by atoms with E-state index in [4.69, 9.17) is 5.11 Å². The highest BCUT2D eigenvalue weighted by atomic mass is 35.5. The van der Waals surface area contributed by atoms with Gasteiger partial charge < -0.3 is 15.7 Å². The zero-order valence-electron chi connectivity index (χ0n) is 11.8. The summed E-state index contributed by atoms with van der Waals surface area (Å²) < 4.78 is 0. The topological polar surface area (TPSA) is 61.4 Å². The van der Waals surface area contributed by atoms with Crippen LogP contribution in [0.1, 0.15) is 30.9 Å². The highest BCUT2D eigenvalue weighted by Gasteiger charge is 2.24. The Morgan fingerprint density at radius 1 is 1.45 bits per heavy atom. The number of benzene rings is 1. The molecule has 1 aliphatic rings. The lowest BCUT2D eigenvalue weighted by molar-refractivity contribution is -0.124. The van der Waals surface area contributed by atoms with Crippen molar-refractivity contribution in [2.75, 3.05) is 6.61 Å². The van der Waals surface area contributed by atoms with E-state index < -0.39 is 0 Å². The molecule has 1 amide bonds. The number of aliphatic hydroxyl groups is 1. The second kappa shape index (κ2) is 8.25. The Bertz CT molecular complexity index is 440. The Labute approximate surface area is 126 Å². The molecule has 2 rings (SSSR count). The maximum atomic E-state index is 12.1. The number of nitrogens with one attached hydrogen (secondary N) is 2. The Morgan fingerprint density at radius 2 is 2.15 bits per heavy atom. The van der Waals surface area contributed by atoms with E-state index in [1.165, 1.54) is 11.1 Å². The minimum Gasteiger partial charge on any atom is -0.396 e. The Balaban J connectivity index is 0.00000200. The van der Waals surface area contributed by atoms with Crippen molar-refractivity contribution in [1.82, 2.24) is 10.6 Å². The quantitative estimate of drug-likeness (QED) is 0.770. The maximum absolute atomic E-state index is 12.1. The lowest BCUT2D eigenvalue weighted by Gasteiger charge is -2.26. The molecule has 1 aliphatic heterocycles. The van der Waals surface area contributed by atoms with Gasteiger partial charge in [-0.15, -0.1) is 12.4 Å². The summed E-state index contributed by atoms with van der Waals surface area (Å²) in [6, 6.07) is 8.19. The number of rotatable bonds is 5. The smallest absolute Gasteiger partial charge is 0.237 e. The Hall–Kier alpha value is -1.10. The first-order valence-electron chi connectivity index (χ1n) is 6.92. The average Bonchev–Trinajstić information content (AvgIpc) is 2.44. The third-order valence-corrected chi connectivity index (χ3v) is 3.58. The van der Waals surface area contributed by atoms with Crippen LogP contribution in [-0.4, -0.2) is 29.7 Å². The van der Waals surface area contributed by atoms with Crippen molar-refractivity contribution in [3.63, 3.8) is 0 Å². The van der Waals surface area contributed by atoms with Crippen molar-refractivity contribution < 1.29 is 9.90 Å². The van der Waals surface area contributed by atoms with Crippen molar-refractivity contribution in [1.29, 1.82) is 0 Å². The summed E-state index contributed by atoms with van der Waals surface area (Å²) >= 11 is 0. The maximum Gasteiger partial charge on any atom is 0.237 e. The van der Waals surface area contributed by atoms with E-state index in [0.717, 1.165) is 25.8 Å². The van der Waals surface area contributed by atoms with Crippen molar-refractivity contribution in [3.05, 3.63) is 35.4 Å². The van der Waals surface area contributed by atoms with Gasteiger partial charge in [-0.1, -0.05) is 24.3 Å². The highest BCUT2D eigenvalue weighted by molar-refractivity contribution is 5.85. The number of amides is 1. The zero-order chi connectivity index (χ0) is 13.7. The van der Waals surface area contributed by atoms with Crippen LogP contribution in [0.25, 0.3) is 0 Å². The van der Waals surface area contributed by atoms with E-state index in [1.54, 1.807) is 0 Å². The van der Waals surface area contributed by atoms with Crippen LogP contribution in [0.4, 0.5) is 0 Å². The fourth-order valence-corrected chi connectivity index (χ4v) is 2.45. The van der Waals surface area contributed by atoms with Gasteiger partial charge >= 0.3 is 0 Å². The molecule has 4 nitrogen and oxygen atoms in total. The van der Waals surface area contributed by atoms with E-state index in [9.17, 15) is 4.79 Å². The van der Waals surface area contributed by atoms with Crippen LogP contribution >= 0.6 is 12.4 Å². The summed E-state index contributed by atoms with van der Waals surface area (Å²) in [7, 11) is 0. The van der Waals surface area contributed by atoms with Crippen LogP contribution in [-0.2, 0) is 17.8 Å². The minimum absolute atomic E-state index is 0. The molecule has 5 heteroatoms. The third-order valence-electron chi connectivity index (χ3n) is 3.58. The van der Waals surface area contributed by atoms with Gasteiger partial charge in [-0.05, 0) is 37.3 Å². The molecule has 20 heavy (non-hydrogen) atoms. The summed E-state index contributed by atoms with van der Waals surface area (Å²) in [5, 5.41) is 15.1. The van der Waals surface area contributed by atoms with Gasteiger partial charge in [-0.3, -0.25) is 4.79 Å². The summed E-state index contributed by atoms with van der Waals surface area (Å²) in [6.45, 7) is 2.90. The lowest BCUT2D eigenvalue weighted by Crippen LogP contribution is -2.49. The van der Waals surface area contributed by atoms with E-state index in [0.29, 0.717) is 0 Å². The summed E-state index contributed by atoms with van der Waals surface area (Å²) in [6.07, 6.45) is 2.28. The molecule has 0 aromatic heterocycles. The average molecular weight is 299 g/mol. The zero-order valence-corrected chi connectivity index (χ0v) is 12.6. The molecule has 0 fully saturated rings. The summed E-state index contributed by atoms with van der Waals surface area (Å²) in [4.78, 5) is 12.1. The molecule has 0 saturated carbocycles. The fourth-order valence-electron chi connectivity index (χ4n) is 2.45. The van der Waals surface area contributed by atoms with Crippen LogP contribution in [0.3, 0.4) is 0 Å². The van der Waals surface area contributed by atoms with Gasteiger partial charge in [0.25, 0.3) is 0 Å². The number of aliphatic hydroxyl groups excluding tert-OH is 1. The second-order valence-corrected chi connectivity index (χ2v) is 5.18. The summed E-state index contributed by atoms with van der Waals surface area (Å²) in [5.74, 6) is 0.0555. The van der Waals surface area contributed by atoms with Gasteiger partial charge in [0.1, 0.15) is 0 Å². The van der Waals surface area contributed by atoms with Crippen molar-refractivity contribution in [2.45, 2.75) is 44.8 Å². The lowest BCUT2D eigenvalue weighted by atomic mass is 9.95. The largest absolute Gasteiger partial charge is 0.396 e. The van der Waals surface area contributed by atoms with Crippen LogP contribution in [0.15, 0.2) is 24.3 Å². The van der Waals surface area contributed by atoms with Crippen molar-refractivity contribution in [2.24, 2.45) is 0 Å². The van der Waals surface area contributed by atoms with E-state index in [2.05, 4.69) is 22.8 Å². The Morgan fingerprint density at radius 3 is 2.85 bits per heavy atom. The minimum atomic E-state index is -0.147. The predicted octanol–water partition coefficient (Wildman–Crippen LogP) is 1.40. The number of halogens is 1. The number of carbonyl (C=O) groups excluding carboxylic acids is 1. The third kappa shape index (κ3) is 4.47.